The van der Waals surface area contributed by atoms with Gasteiger partial charge in [-0.1, -0.05) is 30.3 Å². The summed E-state index contributed by atoms with van der Waals surface area (Å²) in [6.07, 6.45) is 1.70. The highest BCUT2D eigenvalue weighted by Gasteiger charge is 2.31. The fourth-order valence-electron chi connectivity index (χ4n) is 3.28. The lowest BCUT2D eigenvalue weighted by Gasteiger charge is -2.14. The Balaban J connectivity index is 1.44. The summed E-state index contributed by atoms with van der Waals surface area (Å²) in [6.45, 7) is 2.81. The van der Waals surface area contributed by atoms with E-state index in [1.165, 1.54) is 21.7 Å². The molecule has 1 N–H and O–H groups in total. The van der Waals surface area contributed by atoms with Gasteiger partial charge in [-0.05, 0) is 19.8 Å². The first-order valence-corrected chi connectivity index (χ1v) is 11.7. The number of furan rings is 1. The first kappa shape index (κ1) is 19.8. The summed E-state index contributed by atoms with van der Waals surface area (Å²) >= 11 is 1.45. The molecule has 7 nitrogen and oxygen atoms in total. The number of benzene rings is 1. The molecule has 2 aromatic heterocycles. The highest BCUT2D eigenvalue weighted by molar-refractivity contribution is 7.89. The van der Waals surface area contributed by atoms with Crippen molar-refractivity contribution in [2.45, 2.75) is 31.2 Å². The smallest absolute Gasteiger partial charge is 0.287 e. The van der Waals surface area contributed by atoms with Gasteiger partial charge in [0.05, 0.1) is 12.2 Å². The lowest BCUT2D eigenvalue weighted by Crippen LogP contribution is -2.28. The van der Waals surface area contributed by atoms with Gasteiger partial charge in [0.1, 0.15) is 15.7 Å². The Hall–Kier alpha value is -2.49. The van der Waals surface area contributed by atoms with Crippen LogP contribution in [0.2, 0.25) is 0 Å². The van der Waals surface area contributed by atoms with Gasteiger partial charge in [-0.15, -0.1) is 11.3 Å². The maximum atomic E-state index is 12.7. The lowest BCUT2D eigenvalue weighted by atomic mass is 10.2. The van der Waals surface area contributed by atoms with E-state index < -0.39 is 15.9 Å². The van der Waals surface area contributed by atoms with Crippen LogP contribution in [0.3, 0.4) is 0 Å². The molecule has 29 heavy (non-hydrogen) atoms. The predicted octanol–water partition coefficient (Wildman–Crippen LogP) is 3.43. The minimum atomic E-state index is -3.63. The van der Waals surface area contributed by atoms with E-state index in [-0.39, 0.29) is 23.0 Å². The summed E-state index contributed by atoms with van der Waals surface area (Å²) in [5, 5.41) is 5.44. The number of aryl methyl sites for hydroxylation is 1. The second-order valence-corrected chi connectivity index (χ2v) is 9.67. The van der Waals surface area contributed by atoms with Gasteiger partial charge in [-0.2, -0.15) is 4.31 Å². The summed E-state index contributed by atoms with van der Waals surface area (Å²) in [5.74, 6) is -0.254. The van der Waals surface area contributed by atoms with Crippen LogP contribution in [-0.4, -0.2) is 36.7 Å². The Labute approximate surface area is 173 Å². The van der Waals surface area contributed by atoms with Crippen LogP contribution in [0, 0.1) is 6.92 Å². The zero-order valence-corrected chi connectivity index (χ0v) is 17.6. The van der Waals surface area contributed by atoms with Crippen molar-refractivity contribution in [3.05, 3.63) is 58.3 Å². The van der Waals surface area contributed by atoms with E-state index in [4.69, 9.17) is 4.42 Å². The van der Waals surface area contributed by atoms with Crippen molar-refractivity contribution in [3.63, 3.8) is 0 Å². The Morgan fingerprint density at radius 1 is 1.24 bits per heavy atom. The summed E-state index contributed by atoms with van der Waals surface area (Å²) in [5.41, 5.74) is 1.87. The molecule has 3 heterocycles. The fraction of sp³-hybridized carbons (Fsp3) is 0.300. The van der Waals surface area contributed by atoms with Gasteiger partial charge >= 0.3 is 0 Å². The van der Waals surface area contributed by atoms with E-state index in [9.17, 15) is 13.2 Å². The number of carbonyl (C=O) groups excluding carboxylic acids is 1. The number of hydrogen-bond acceptors (Lipinski definition) is 6. The van der Waals surface area contributed by atoms with Crippen LogP contribution in [0.15, 0.2) is 51.1 Å². The largest absolute Gasteiger partial charge is 0.455 e. The number of rotatable bonds is 6. The molecule has 0 aliphatic carbocycles. The molecule has 0 spiro atoms. The molecule has 1 fully saturated rings. The molecular weight excluding hydrogens is 410 g/mol. The average molecular weight is 432 g/mol. The molecule has 1 aliphatic heterocycles. The predicted molar refractivity (Wildman–Crippen MR) is 110 cm³/mol. The number of sulfonamides is 1. The Bertz CT molecular complexity index is 1110. The first-order valence-electron chi connectivity index (χ1n) is 9.34. The summed E-state index contributed by atoms with van der Waals surface area (Å²) < 4.78 is 32.4. The molecule has 3 aromatic rings. The molecule has 0 bridgehead atoms. The van der Waals surface area contributed by atoms with Crippen LogP contribution in [0.5, 0.6) is 0 Å². The molecule has 1 amide bonds. The van der Waals surface area contributed by atoms with Crippen molar-refractivity contribution < 1.29 is 17.6 Å². The summed E-state index contributed by atoms with van der Waals surface area (Å²) in [4.78, 5) is 17.1. The third-order valence-electron chi connectivity index (χ3n) is 4.80. The average Bonchev–Trinajstić information content (AvgIpc) is 3.47. The molecule has 152 valence electrons. The SMILES string of the molecule is Cc1oc(C(=O)NCc2nc(-c3ccccc3)cs2)cc1S(=O)(=O)N1CCCC1. The number of hydrogen-bond donors (Lipinski definition) is 1. The van der Waals surface area contributed by atoms with Crippen LogP contribution < -0.4 is 5.32 Å². The molecular formula is C20H21N3O4S2. The normalized spacial score (nSPS) is 14.9. The van der Waals surface area contributed by atoms with Crippen LogP contribution in [0.4, 0.5) is 0 Å². The Morgan fingerprint density at radius 3 is 2.69 bits per heavy atom. The van der Waals surface area contributed by atoms with E-state index in [2.05, 4.69) is 10.3 Å². The van der Waals surface area contributed by atoms with E-state index in [1.807, 2.05) is 35.7 Å². The number of amides is 1. The monoisotopic (exact) mass is 431 g/mol. The highest BCUT2D eigenvalue weighted by Crippen LogP contribution is 2.26. The van der Waals surface area contributed by atoms with Crippen molar-refractivity contribution in [3.8, 4) is 11.3 Å². The number of nitrogens with zero attached hydrogens (tertiary/aromatic N) is 2. The van der Waals surface area contributed by atoms with E-state index in [0.717, 1.165) is 29.1 Å². The number of thiazole rings is 1. The van der Waals surface area contributed by atoms with Crippen LogP contribution in [-0.2, 0) is 16.6 Å². The van der Waals surface area contributed by atoms with Crippen molar-refractivity contribution in [1.29, 1.82) is 0 Å². The molecule has 9 heteroatoms. The van der Waals surface area contributed by atoms with Gasteiger partial charge < -0.3 is 9.73 Å². The standard InChI is InChI=1S/C20H21N3O4S2/c1-14-18(29(25,26)23-9-5-6-10-23)11-17(27-14)20(24)21-12-19-22-16(13-28-19)15-7-3-2-4-8-15/h2-4,7-8,11,13H,5-6,9-10,12H2,1H3,(H,21,24). The zero-order chi connectivity index (χ0) is 20.4. The third kappa shape index (κ3) is 4.12. The second kappa shape index (κ2) is 8.10. The molecule has 1 aromatic carbocycles. The van der Waals surface area contributed by atoms with Crippen LogP contribution >= 0.6 is 11.3 Å². The minimum absolute atomic E-state index is 0.0138. The van der Waals surface area contributed by atoms with E-state index in [1.54, 1.807) is 6.92 Å². The highest BCUT2D eigenvalue weighted by atomic mass is 32.2. The zero-order valence-electron chi connectivity index (χ0n) is 15.9. The quantitative estimate of drug-likeness (QED) is 0.646. The molecule has 1 aliphatic rings. The minimum Gasteiger partial charge on any atom is -0.455 e. The van der Waals surface area contributed by atoms with Gasteiger partial charge in [-0.25, -0.2) is 13.4 Å². The second-order valence-electron chi connectivity index (χ2n) is 6.82. The van der Waals surface area contributed by atoms with Crippen molar-refractivity contribution in [2.75, 3.05) is 13.1 Å². The Morgan fingerprint density at radius 2 is 1.97 bits per heavy atom. The molecule has 0 radical (unpaired) electrons. The molecule has 0 saturated carbocycles. The molecule has 1 saturated heterocycles. The molecule has 0 atom stereocenters. The number of aromatic nitrogens is 1. The van der Waals surface area contributed by atoms with Crippen LogP contribution in [0.1, 0.15) is 34.2 Å². The maximum absolute atomic E-state index is 12.7. The van der Waals surface area contributed by atoms with E-state index in [0.29, 0.717) is 13.1 Å². The fourth-order valence-corrected chi connectivity index (χ4v) is 5.70. The summed E-state index contributed by atoms with van der Waals surface area (Å²) in [6, 6.07) is 11.1. The Kier molecular flexibility index (Phi) is 5.53. The van der Waals surface area contributed by atoms with Gasteiger partial charge in [0, 0.05) is 30.1 Å². The summed E-state index contributed by atoms with van der Waals surface area (Å²) in [7, 11) is -3.63. The van der Waals surface area contributed by atoms with Crippen molar-refractivity contribution in [1.82, 2.24) is 14.6 Å². The third-order valence-corrected chi connectivity index (χ3v) is 7.66. The molecule has 4 rings (SSSR count). The maximum Gasteiger partial charge on any atom is 0.287 e. The topological polar surface area (TPSA) is 92.5 Å². The van der Waals surface area contributed by atoms with Gasteiger partial charge in [0.15, 0.2) is 5.76 Å². The number of carbonyl (C=O) groups is 1. The van der Waals surface area contributed by atoms with Crippen LogP contribution in [0.25, 0.3) is 11.3 Å². The van der Waals surface area contributed by atoms with Gasteiger partial charge in [0.2, 0.25) is 10.0 Å². The molecule has 0 unspecified atom stereocenters. The van der Waals surface area contributed by atoms with Gasteiger partial charge in [-0.3, -0.25) is 4.79 Å². The van der Waals surface area contributed by atoms with Crippen molar-refractivity contribution >= 4 is 27.3 Å². The number of nitrogens with one attached hydrogen (secondary N) is 1. The first-order chi connectivity index (χ1) is 13.9. The lowest BCUT2D eigenvalue weighted by molar-refractivity contribution is 0.0922. The van der Waals surface area contributed by atoms with Crippen molar-refractivity contribution in [2.24, 2.45) is 0 Å². The van der Waals surface area contributed by atoms with E-state index >= 15 is 0 Å². The van der Waals surface area contributed by atoms with Gasteiger partial charge in [0.25, 0.3) is 5.91 Å².